The molecule has 3 rings (SSSR count). The highest BCUT2D eigenvalue weighted by molar-refractivity contribution is 5.69. The quantitative estimate of drug-likeness (QED) is 0.602. The Labute approximate surface area is 157 Å². The molecular formula is C21H20N2O4. The molecule has 0 saturated carbocycles. The summed E-state index contributed by atoms with van der Waals surface area (Å²) in [6.07, 6.45) is 1.62. The Bertz CT molecular complexity index is 902. The molecule has 2 aromatic carbocycles. The van der Waals surface area contributed by atoms with Gasteiger partial charge >= 0.3 is 5.97 Å². The minimum atomic E-state index is -0.879. The summed E-state index contributed by atoms with van der Waals surface area (Å²) in [7, 11) is 0. The minimum Gasteiger partial charge on any atom is -0.487 e. The molecule has 0 spiro atoms. The Hall–Kier alpha value is -3.38. The smallest absolute Gasteiger partial charge is 0.317 e. The highest BCUT2D eigenvalue weighted by Crippen LogP contribution is 2.24. The molecule has 0 aliphatic rings. The van der Waals surface area contributed by atoms with Crippen LogP contribution in [0.3, 0.4) is 0 Å². The van der Waals surface area contributed by atoms with Crippen LogP contribution in [0.2, 0.25) is 0 Å². The number of nitrogens with one attached hydrogen (secondary N) is 1. The Kier molecular flexibility index (Phi) is 6.02. The maximum absolute atomic E-state index is 10.5. The number of hydrogen-bond donors (Lipinski definition) is 2. The number of oxazole rings is 1. The molecule has 0 unspecified atom stereocenters. The van der Waals surface area contributed by atoms with Gasteiger partial charge in [0.1, 0.15) is 18.1 Å². The number of aliphatic carboxylic acids is 1. The van der Waals surface area contributed by atoms with Gasteiger partial charge in [-0.2, -0.15) is 0 Å². The molecular weight excluding hydrogens is 344 g/mol. The van der Waals surface area contributed by atoms with Crippen molar-refractivity contribution in [2.75, 3.05) is 6.54 Å². The molecule has 138 valence electrons. The van der Waals surface area contributed by atoms with Crippen LogP contribution in [0.5, 0.6) is 5.75 Å². The van der Waals surface area contributed by atoms with Gasteiger partial charge in [0.05, 0.1) is 6.54 Å². The zero-order chi connectivity index (χ0) is 19.1. The van der Waals surface area contributed by atoms with Gasteiger partial charge in [0.25, 0.3) is 0 Å². The largest absolute Gasteiger partial charge is 0.487 e. The summed E-state index contributed by atoms with van der Waals surface area (Å²) >= 11 is 0. The van der Waals surface area contributed by atoms with Gasteiger partial charge in [-0.1, -0.05) is 36.9 Å². The average molecular weight is 364 g/mol. The van der Waals surface area contributed by atoms with Gasteiger partial charge in [-0.15, -0.1) is 0 Å². The van der Waals surface area contributed by atoms with E-state index in [2.05, 4.69) is 16.9 Å². The van der Waals surface area contributed by atoms with Gasteiger partial charge in [-0.25, -0.2) is 4.98 Å². The molecule has 27 heavy (non-hydrogen) atoms. The maximum atomic E-state index is 10.5. The second-order valence-electron chi connectivity index (χ2n) is 5.83. The highest BCUT2D eigenvalue weighted by atomic mass is 16.5. The lowest BCUT2D eigenvalue weighted by Crippen LogP contribution is -2.21. The van der Waals surface area contributed by atoms with Gasteiger partial charge in [-0.05, 0) is 35.9 Å². The standard InChI is InChI=1S/C21H20N2O4/c1-2-19-18(23-21(27-19)16-6-4-3-5-7-16)14-26-17-10-8-15(9-11-17)12-22-13-20(24)25/h2-11,22H,1,12-14H2,(H,24,25). The summed E-state index contributed by atoms with van der Waals surface area (Å²) in [5.74, 6) is 0.930. The first-order chi connectivity index (χ1) is 13.2. The molecule has 0 aliphatic heterocycles. The van der Waals surface area contributed by atoms with E-state index in [0.29, 0.717) is 29.6 Å². The number of carboxylic acids is 1. The van der Waals surface area contributed by atoms with Crippen LogP contribution in [-0.4, -0.2) is 22.6 Å². The fourth-order valence-electron chi connectivity index (χ4n) is 2.50. The molecule has 0 amide bonds. The number of benzene rings is 2. The molecule has 3 aromatic rings. The summed E-state index contributed by atoms with van der Waals surface area (Å²) in [6.45, 7) is 4.44. The predicted molar refractivity (Wildman–Crippen MR) is 102 cm³/mol. The van der Waals surface area contributed by atoms with Crippen LogP contribution in [0.4, 0.5) is 0 Å². The van der Waals surface area contributed by atoms with Gasteiger partial charge in [0.15, 0.2) is 5.76 Å². The fraction of sp³-hybridized carbons (Fsp3) is 0.143. The Morgan fingerprint density at radius 2 is 1.93 bits per heavy atom. The number of carboxylic acid groups (broad SMARTS) is 1. The number of rotatable bonds is 9. The van der Waals surface area contributed by atoms with Gasteiger partial charge in [0, 0.05) is 12.1 Å². The van der Waals surface area contributed by atoms with Crippen molar-refractivity contribution in [1.82, 2.24) is 10.3 Å². The number of hydrogen-bond acceptors (Lipinski definition) is 5. The van der Waals surface area contributed by atoms with E-state index in [1.54, 1.807) is 6.08 Å². The van der Waals surface area contributed by atoms with Crippen LogP contribution >= 0.6 is 0 Å². The Morgan fingerprint density at radius 3 is 2.59 bits per heavy atom. The molecule has 0 saturated heterocycles. The average Bonchev–Trinajstić information content (AvgIpc) is 3.11. The molecule has 6 nitrogen and oxygen atoms in total. The van der Waals surface area contributed by atoms with Crippen molar-refractivity contribution in [2.45, 2.75) is 13.2 Å². The lowest BCUT2D eigenvalue weighted by molar-refractivity contribution is -0.135. The summed E-state index contributed by atoms with van der Waals surface area (Å²) in [5, 5.41) is 11.5. The maximum Gasteiger partial charge on any atom is 0.317 e. The number of aromatic nitrogens is 1. The number of nitrogens with zero attached hydrogens (tertiary/aromatic N) is 1. The van der Waals surface area contributed by atoms with Crippen molar-refractivity contribution in [3.05, 3.63) is 78.2 Å². The molecule has 0 atom stereocenters. The Morgan fingerprint density at radius 1 is 1.19 bits per heavy atom. The third kappa shape index (κ3) is 5.05. The van der Waals surface area contributed by atoms with Crippen LogP contribution in [0.1, 0.15) is 17.0 Å². The van der Waals surface area contributed by atoms with Gasteiger partial charge in [-0.3, -0.25) is 4.79 Å². The van der Waals surface area contributed by atoms with E-state index in [1.807, 2.05) is 54.6 Å². The van der Waals surface area contributed by atoms with E-state index in [9.17, 15) is 4.79 Å². The van der Waals surface area contributed by atoms with Crippen molar-refractivity contribution in [3.63, 3.8) is 0 Å². The summed E-state index contributed by atoms with van der Waals surface area (Å²) in [6, 6.07) is 17.1. The van der Waals surface area contributed by atoms with E-state index in [4.69, 9.17) is 14.3 Å². The zero-order valence-corrected chi connectivity index (χ0v) is 14.7. The predicted octanol–water partition coefficient (Wildman–Crippen LogP) is 3.74. The molecule has 0 bridgehead atoms. The van der Waals surface area contributed by atoms with Crippen LogP contribution in [-0.2, 0) is 17.9 Å². The monoisotopic (exact) mass is 364 g/mol. The lowest BCUT2D eigenvalue weighted by Gasteiger charge is -2.06. The van der Waals surface area contributed by atoms with Crippen molar-refractivity contribution >= 4 is 12.0 Å². The van der Waals surface area contributed by atoms with E-state index < -0.39 is 5.97 Å². The van der Waals surface area contributed by atoms with Crippen molar-refractivity contribution in [3.8, 4) is 17.2 Å². The van der Waals surface area contributed by atoms with E-state index in [0.717, 1.165) is 11.1 Å². The van der Waals surface area contributed by atoms with Crippen molar-refractivity contribution in [2.24, 2.45) is 0 Å². The van der Waals surface area contributed by atoms with Gasteiger partial charge in [0.2, 0.25) is 5.89 Å². The molecule has 0 radical (unpaired) electrons. The first kappa shape index (κ1) is 18.4. The first-order valence-electron chi connectivity index (χ1n) is 8.47. The van der Waals surface area contributed by atoms with E-state index >= 15 is 0 Å². The Balaban J connectivity index is 1.62. The molecule has 6 heteroatoms. The molecule has 0 aliphatic carbocycles. The molecule has 1 heterocycles. The second kappa shape index (κ2) is 8.82. The van der Waals surface area contributed by atoms with Crippen LogP contribution in [0, 0.1) is 0 Å². The fourth-order valence-corrected chi connectivity index (χ4v) is 2.50. The second-order valence-corrected chi connectivity index (χ2v) is 5.83. The third-order valence-corrected chi connectivity index (χ3v) is 3.84. The van der Waals surface area contributed by atoms with E-state index in [-0.39, 0.29) is 13.2 Å². The van der Waals surface area contributed by atoms with Crippen LogP contribution < -0.4 is 10.1 Å². The van der Waals surface area contributed by atoms with Crippen LogP contribution in [0.15, 0.2) is 65.6 Å². The highest BCUT2D eigenvalue weighted by Gasteiger charge is 2.13. The minimum absolute atomic E-state index is 0.0709. The summed E-state index contributed by atoms with van der Waals surface area (Å²) < 4.78 is 11.6. The van der Waals surface area contributed by atoms with Crippen molar-refractivity contribution < 1.29 is 19.1 Å². The normalized spacial score (nSPS) is 10.5. The van der Waals surface area contributed by atoms with Crippen molar-refractivity contribution in [1.29, 1.82) is 0 Å². The van der Waals surface area contributed by atoms with Crippen LogP contribution in [0.25, 0.3) is 17.5 Å². The topological polar surface area (TPSA) is 84.6 Å². The molecule has 2 N–H and O–H groups in total. The summed E-state index contributed by atoms with van der Waals surface area (Å²) in [5.41, 5.74) is 2.55. The molecule has 0 fully saturated rings. The SMILES string of the molecule is C=Cc1oc(-c2ccccc2)nc1COc1ccc(CNCC(=O)O)cc1. The van der Waals surface area contributed by atoms with Gasteiger partial charge < -0.3 is 19.6 Å². The zero-order valence-electron chi connectivity index (χ0n) is 14.7. The number of carbonyl (C=O) groups is 1. The van der Waals surface area contributed by atoms with E-state index in [1.165, 1.54) is 0 Å². The molecule has 1 aromatic heterocycles. The number of ether oxygens (including phenoxy) is 1. The third-order valence-electron chi connectivity index (χ3n) is 3.84. The summed E-state index contributed by atoms with van der Waals surface area (Å²) in [4.78, 5) is 15.0. The lowest BCUT2D eigenvalue weighted by atomic mass is 10.2. The first-order valence-corrected chi connectivity index (χ1v) is 8.47.